The molecule has 3 aliphatic rings. The second-order valence-corrected chi connectivity index (χ2v) is 9.30. The molecule has 0 radical (unpaired) electrons. The summed E-state index contributed by atoms with van der Waals surface area (Å²) >= 11 is 0. The molecule has 2 bridgehead atoms. The Morgan fingerprint density at radius 1 is 1.19 bits per heavy atom. The van der Waals surface area contributed by atoms with Gasteiger partial charge in [0.2, 0.25) is 0 Å². The van der Waals surface area contributed by atoms with Gasteiger partial charge in [0.05, 0.1) is 18.0 Å². The molecule has 5 nitrogen and oxygen atoms in total. The van der Waals surface area contributed by atoms with Gasteiger partial charge in [-0.15, -0.1) is 0 Å². The molecule has 1 saturated carbocycles. The van der Waals surface area contributed by atoms with Crippen molar-refractivity contribution in [2.75, 3.05) is 6.54 Å². The standard InChI is InChI=1S/C26H26FN3O2/c27-23-13-17(16-4-6-22-18(11-16)7-8-29-26(22)32)1-2-19(23)9-15(14-28)10-24(31)25-20-3-5-21(12-20)30-25/h1-2,4,6,11,13,15,20-21,25,30H,3,5,7-10,12H2,(H,29,32)/t15?,20-,21+,25-/m0/s1. The van der Waals surface area contributed by atoms with Crippen LogP contribution in [0, 0.1) is 29.0 Å². The summed E-state index contributed by atoms with van der Waals surface area (Å²) in [7, 11) is 0. The average molecular weight is 432 g/mol. The molecule has 2 aromatic carbocycles. The van der Waals surface area contributed by atoms with Gasteiger partial charge in [-0.25, -0.2) is 4.39 Å². The van der Waals surface area contributed by atoms with Gasteiger partial charge in [0.25, 0.3) is 5.91 Å². The number of benzene rings is 2. The molecule has 2 N–H and O–H groups in total. The Kier molecular flexibility index (Phi) is 5.52. The summed E-state index contributed by atoms with van der Waals surface area (Å²) in [6.07, 6.45) is 4.40. The van der Waals surface area contributed by atoms with Crippen molar-refractivity contribution in [3.8, 4) is 17.2 Å². The van der Waals surface area contributed by atoms with E-state index in [1.54, 1.807) is 12.1 Å². The van der Waals surface area contributed by atoms with Gasteiger partial charge in [0.1, 0.15) is 5.82 Å². The quantitative estimate of drug-likeness (QED) is 0.733. The minimum absolute atomic E-state index is 0.0722. The van der Waals surface area contributed by atoms with Crippen molar-refractivity contribution >= 4 is 11.7 Å². The van der Waals surface area contributed by atoms with E-state index < -0.39 is 5.92 Å². The number of carbonyl (C=O) groups is 2. The normalized spacial score (nSPS) is 24.5. The third-order valence-corrected chi connectivity index (χ3v) is 7.22. The molecule has 2 heterocycles. The highest BCUT2D eigenvalue weighted by molar-refractivity contribution is 5.97. The maximum Gasteiger partial charge on any atom is 0.251 e. The van der Waals surface area contributed by atoms with E-state index in [0.717, 1.165) is 42.4 Å². The molecule has 1 aliphatic carbocycles. The molecule has 6 heteroatoms. The van der Waals surface area contributed by atoms with Crippen molar-refractivity contribution < 1.29 is 14.0 Å². The van der Waals surface area contributed by atoms with E-state index in [4.69, 9.17) is 0 Å². The molecule has 1 saturated heterocycles. The fourth-order valence-electron chi connectivity index (χ4n) is 5.52. The Labute approximate surface area is 187 Å². The molecule has 1 amide bonds. The predicted molar refractivity (Wildman–Crippen MR) is 118 cm³/mol. The lowest BCUT2D eigenvalue weighted by molar-refractivity contribution is -0.122. The van der Waals surface area contributed by atoms with Crippen molar-refractivity contribution in [3.63, 3.8) is 0 Å². The van der Waals surface area contributed by atoms with Crippen LogP contribution in [0.5, 0.6) is 0 Å². The number of halogens is 1. The maximum absolute atomic E-state index is 14.9. The van der Waals surface area contributed by atoms with Gasteiger partial charge in [-0.3, -0.25) is 9.59 Å². The van der Waals surface area contributed by atoms with E-state index in [2.05, 4.69) is 16.7 Å². The Bertz CT molecular complexity index is 1120. The zero-order valence-electron chi connectivity index (χ0n) is 17.9. The van der Waals surface area contributed by atoms with E-state index in [1.165, 1.54) is 6.07 Å². The lowest BCUT2D eigenvalue weighted by Gasteiger charge is -2.22. The van der Waals surface area contributed by atoms with E-state index in [9.17, 15) is 19.2 Å². The Morgan fingerprint density at radius 2 is 2.00 bits per heavy atom. The molecule has 2 aliphatic heterocycles. The number of fused-ring (bicyclic) bond motifs is 3. The van der Waals surface area contributed by atoms with Gasteiger partial charge in [0, 0.05) is 24.6 Å². The van der Waals surface area contributed by atoms with Gasteiger partial charge < -0.3 is 10.6 Å². The monoisotopic (exact) mass is 431 g/mol. The van der Waals surface area contributed by atoms with E-state index in [-0.39, 0.29) is 36.4 Å². The zero-order valence-corrected chi connectivity index (χ0v) is 17.9. The van der Waals surface area contributed by atoms with Crippen LogP contribution in [0.3, 0.4) is 0 Å². The topological polar surface area (TPSA) is 82.0 Å². The average Bonchev–Trinajstić information content (AvgIpc) is 3.43. The number of amides is 1. The Morgan fingerprint density at radius 3 is 2.72 bits per heavy atom. The van der Waals surface area contributed by atoms with E-state index in [0.29, 0.717) is 29.6 Å². The van der Waals surface area contributed by atoms with Crippen LogP contribution in [0.1, 0.15) is 47.2 Å². The van der Waals surface area contributed by atoms with Crippen LogP contribution >= 0.6 is 0 Å². The molecule has 1 unspecified atom stereocenters. The van der Waals surface area contributed by atoms with Gasteiger partial charge in [-0.05, 0) is 72.4 Å². The highest BCUT2D eigenvalue weighted by Crippen LogP contribution is 2.36. The van der Waals surface area contributed by atoms with Gasteiger partial charge in [-0.1, -0.05) is 24.3 Å². The summed E-state index contributed by atoms with van der Waals surface area (Å²) in [5.41, 5.74) is 3.68. The Hall–Kier alpha value is -3.04. The summed E-state index contributed by atoms with van der Waals surface area (Å²) in [6.45, 7) is 0.606. The second kappa shape index (κ2) is 8.48. The number of carbonyl (C=O) groups excluding carboxylic acids is 2. The second-order valence-electron chi connectivity index (χ2n) is 9.30. The highest BCUT2D eigenvalue weighted by Gasteiger charge is 2.42. The van der Waals surface area contributed by atoms with Gasteiger partial charge in [0.15, 0.2) is 5.78 Å². The summed E-state index contributed by atoms with van der Waals surface area (Å²) in [5, 5.41) is 15.8. The smallest absolute Gasteiger partial charge is 0.251 e. The zero-order chi connectivity index (χ0) is 22.2. The molecular formula is C26H26FN3O2. The molecule has 0 spiro atoms. The fraction of sp³-hybridized carbons (Fsp3) is 0.423. The summed E-state index contributed by atoms with van der Waals surface area (Å²) in [6, 6.07) is 13.1. The SMILES string of the molecule is N#CC(CC(=O)[C@H]1N[C@@H]2CC[C@H]1C2)Cc1ccc(-c2ccc3c(c2)CCNC3=O)cc1F. The van der Waals surface area contributed by atoms with Crippen LogP contribution in [0.4, 0.5) is 4.39 Å². The minimum atomic E-state index is -0.536. The first-order chi connectivity index (χ1) is 15.5. The lowest BCUT2D eigenvalue weighted by Crippen LogP contribution is -2.42. The third-order valence-electron chi connectivity index (χ3n) is 7.22. The molecule has 4 atom stereocenters. The van der Waals surface area contributed by atoms with Crippen molar-refractivity contribution in [2.24, 2.45) is 11.8 Å². The summed E-state index contributed by atoms with van der Waals surface area (Å²) in [5.74, 6) is -0.503. The van der Waals surface area contributed by atoms with Crippen LogP contribution in [0.2, 0.25) is 0 Å². The number of nitrogens with one attached hydrogen (secondary N) is 2. The molecule has 5 rings (SSSR count). The summed E-state index contributed by atoms with van der Waals surface area (Å²) in [4.78, 5) is 24.7. The number of piperidine rings is 1. The summed E-state index contributed by atoms with van der Waals surface area (Å²) < 4.78 is 14.9. The number of Topliss-reactive ketones (excluding diaryl/α,β-unsaturated/α-hetero) is 1. The van der Waals surface area contributed by atoms with Crippen molar-refractivity contribution in [2.45, 2.75) is 50.6 Å². The van der Waals surface area contributed by atoms with Crippen LogP contribution in [0.25, 0.3) is 11.1 Å². The fourth-order valence-corrected chi connectivity index (χ4v) is 5.52. The van der Waals surface area contributed by atoms with Crippen LogP contribution in [-0.2, 0) is 17.6 Å². The van der Waals surface area contributed by atoms with Crippen LogP contribution in [-0.4, -0.2) is 30.3 Å². The minimum Gasteiger partial charge on any atom is -0.352 e. The number of nitrogens with zero attached hydrogens (tertiary/aromatic N) is 1. The van der Waals surface area contributed by atoms with Gasteiger partial charge >= 0.3 is 0 Å². The first-order valence-corrected chi connectivity index (χ1v) is 11.4. The number of rotatable bonds is 6. The predicted octanol–water partition coefficient (Wildman–Crippen LogP) is 3.56. The number of nitriles is 1. The highest BCUT2D eigenvalue weighted by atomic mass is 19.1. The first kappa shape index (κ1) is 20.8. The van der Waals surface area contributed by atoms with Crippen molar-refractivity contribution in [1.82, 2.24) is 10.6 Å². The molecule has 2 aromatic rings. The molecule has 32 heavy (non-hydrogen) atoms. The van der Waals surface area contributed by atoms with E-state index >= 15 is 0 Å². The Balaban J connectivity index is 1.28. The number of hydrogen-bond donors (Lipinski definition) is 2. The van der Waals surface area contributed by atoms with Gasteiger partial charge in [-0.2, -0.15) is 5.26 Å². The maximum atomic E-state index is 14.9. The molecule has 2 fully saturated rings. The van der Waals surface area contributed by atoms with Crippen molar-refractivity contribution in [1.29, 1.82) is 5.26 Å². The lowest BCUT2D eigenvalue weighted by atomic mass is 9.88. The van der Waals surface area contributed by atoms with Crippen molar-refractivity contribution in [3.05, 3.63) is 58.9 Å². The molecule has 164 valence electrons. The van der Waals surface area contributed by atoms with Crippen LogP contribution in [0.15, 0.2) is 36.4 Å². The third kappa shape index (κ3) is 3.93. The molecular weight excluding hydrogens is 405 g/mol. The number of hydrogen-bond acceptors (Lipinski definition) is 4. The van der Waals surface area contributed by atoms with E-state index in [1.807, 2.05) is 18.2 Å². The number of ketones is 1. The molecule has 0 aromatic heterocycles. The largest absolute Gasteiger partial charge is 0.352 e. The first-order valence-electron chi connectivity index (χ1n) is 11.4. The van der Waals surface area contributed by atoms with Crippen LogP contribution < -0.4 is 10.6 Å².